The second-order valence-electron chi connectivity index (χ2n) is 8.33. The topological polar surface area (TPSA) is 74.6 Å². The van der Waals surface area contributed by atoms with Crippen molar-refractivity contribution in [1.29, 1.82) is 0 Å². The molecular weight excluding hydrogens is 400 g/mol. The summed E-state index contributed by atoms with van der Waals surface area (Å²) in [6, 6.07) is 17.9. The van der Waals surface area contributed by atoms with E-state index >= 15 is 0 Å². The molecule has 1 aromatic carbocycles. The molecule has 0 saturated heterocycles. The van der Waals surface area contributed by atoms with Crippen molar-refractivity contribution < 1.29 is 4.79 Å². The summed E-state index contributed by atoms with van der Waals surface area (Å²) in [5.74, 6) is 0.877. The molecule has 0 spiro atoms. The largest absolute Gasteiger partial charge is 0.366 e. The first kappa shape index (κ1) is 20.2. The fourth-order valence-electron chi connectivity index (χ4n) is 4.17. The van der Waals surface area contributed by atoms with Gasteiger partial charge < -0.3 is 14.6 Å². The van der Waals surface area contributed by atoms with Gasteiger partial charge in [0.1, 0.15) is 11.5 Å². The Morgan fingerprint density at radius 2 is 1.94 bits per heavy atom. The molecule has 3 aromatic heterocycles. The smallest absolute Gasteiger partial charge is 0.274 e. The number of carbonyl (C=O) groups excluding carboxylic acids is 1. The minimum Gasteiger partial charge on any atom is -0.366 e. The molecule has 4 aromatic rings. The maximum Gasteiger partial charge on any atom is 0.274 e. The zero-order valence-corrected chi connectivity index (χ0v) is 18.3. The summed E-state index contributed by atoms with van der Waals surface area (Å²) >= 11 is 0. The maximum atomic E-state index is 13.1. The molecule has 0 atom stereocenters. The number of anilines is 2. The van der Waals surface area contributed by atoms with Gasteiger partial charge in [0.25, 0.3) is 5.91 Å². The molecule has 7 heteroatoms. The van der Waals surface area contributed by atoms with Crippen LogP contribution in [0.5, 0.6) is 0 Å². The number of nitrogens with zero attached hydrogens (tertiary/aromatic N) is 4. The van der Waals surface area contributed by atoms with Gasteiger partial charge in [0, 0.05) is 36.9 Å². The van der Waals surface area contributed by atoms with Gasteiger partial charge in [-0.15, -0.1) is 0 Å². The molecule has 5 rings (SSSR count). The molecule has 7 nitrogen and oxygen atoms in total. The third-order valence-corrected chi connectivity index (χ3v) is 5.78. The van der Waals surface area contributed by atoms with E-state index in [0.717, 1.165) is 47.7 Å². The molecule has 0 fully saturated rings. The van der Waals surface area contributed by atoms with Crippen molar-refractivity contribution in [2.75, 3.05) is 24.2 Å². The average Bonchev–Trinajstić information content (AvgIpc) is 3.18. The van der Waals surface area contributed by atoms with E-state index in [1.165, 1.54) is 5.56 Å². The lowest BCUT2D eigenvalue weighted by molar-refractivity contribution is 0.102. The lowest BCUT2D eigenvalue weighted by Crippen LogP contribution is -2.29. The Balaban J connectivity index is 1.45. The Morgan fingerprint density at radius 3 is 2.78 bits per heavy atom. The summed E-state index contributed by atoms with van der Waals surface area (Å²) in [6.07, 6.45) is 2.83. The lowest BCUT2D eigenvalue weighted by Gasteiger charge is -2.26. The second kappa shape index (κ2) is 8.43. The van der Waals surface area contributed by atoms with Gasteiger partial charge in [0.05, 0.1) is 5.69 Å². The highest BCUT2D eigenvalue weighted by Crippen LogP contribution is 2.25. The van der Waals surface area contributed by atoms with E-state index in [9.17, 15) is 4.79 Å². The van der Waals surface area contributed by atoms with Crippen molar-refractivity contribution in [3.8, 4) is 0 Å². The molecule has 4 heterocycles. The summed E-state index contributed by atoms with van der Waals surface area (Å²) < 4.78 is 1.89. The van der Waals surface area contributed by atoms with Gasteiger partial charge in [0.2, 0.25) is 5.95 Å². The van der Waals surface area contributed by atoms with E-state index in [2.05, 4.69) is 34.7 Å². The van der Waals surface area contributed by atoms with Gasteiger partial charge in [0.15, 0.2) is 0 Å². The van der Waals surface area contributed by atoms with Gasteiger partial charge >= 0.3 is 0 Å². The highest BCUT2D eigenvalue weighted by molar-refractivity contribution is 6.02. The van der Waals surface area contributed by atoms with Gasteiger partial charge in [-0.2, -0.15) is 4.98 Å². The Bertz CT molecular complexity index is 1280. The molecule has 0 aliphatic carbocycles. The molecule has 0 bridgehead atoms. The molecule has 1 aliphatic rings. The fourth-order valence-corrected chi connectivity index (χ4v) is 4.17. The molecule has 32 heavy (non-hydrogen) atoms. The lowest BCUT2D eigenvalue weighted by atomic mass is 10.1. The first-order valence-corrected chi connectivity index (χ1v) is 10.8. The number of carbonyl (C=O) groups is 1. The van der Waals surface area contributed by atoms with Crippen LogP contribution in [0.4, 0.5) is 11.8 Å². The first-order chi connectivity index (χ1) is 15.6. The molecule has 0 unspecified atom stereocenters. The van der Waals surface area contributed by atoms with Crippen molar-refractivity contribution >= 4 is 23.2 Å². The maximum absolute atomic E-state index is 13.1. The Kier molecular flexibility index (Phi) is 5.33. The normalized spacial score (nSPS) is 13.7. The van der Waals surface area contributed by atoms with E-state index in [-0.39, 0.29) is 5.91 Å². The van der Waals surface area contributed by atoms with Gasteiger partial charge in [-0.3, -0.25) is 10.1 Å². The predicted octanol–water partition coefficient (Wildman–Crippen LogP) is 3.89. The number of nitrogens with one attached hydrogen (secondary N) is 2. The average molecular weight is 427 g/mol. The third kappa shape index (κ3) is 4.07. The SMILES string of the molecule is Cc1cc2cccc(C(=O)Nc3nc4c(c(NCc5ccccc5)n3)CCN(C)C4)n2c1. The minimum atomic E-state index is -0.232. The van der Waals surface area contributed by atoms with Crippen molar-refractivity contribution in [2.24, 2.45) is 0 Å². The molecule has 162 valence electrons. The number of aromatic nitrogens is 3. The van der Waals surface area contributed by atoms with Crippen LogP contribution in [0.3, 0.4) is 0 Å². The molecule has 1 amide bonds. The summed E-state index contributed by atoms with van der Waals surface area (Å²) in [6.45, 7) is 4.36. The molecule has 0 saturated carbocycles. The van der Waals surface area contributed by atoms with Crippen LogP contribution in [-0.4, -0.2) is 38.8 Å². The van der Waals surface area contributed by atoms with Crippen molar-refractivity contribution in [2.45, 2.75) is 26.4 Å². The number of amides is 1. The van der Waals surface area contributed by atoms with E-state index < -0.39 is 0 Å². The zero-order chi connectivity index (χ0) is 22.1. The van der Waals surface area contributed by atoms with Gasteiger partial charge in [-0.05, 0) is 49.7 Å². The molecular formula is C25H26N6O. The number of hydrogen-bond acceptors (Lipinski definition) is 5. The van der Waals surface area contributed by atoms with Crippen LogP contribution in [0.1, 0.15) is 32.9 Å². The van der Waals surface area contributed by atoms with Crippen molar-refractivity contribution in [3.63, 3.8) is 0 Å². The number of pyridine rings is 1. The van der Waals surface area contributed by atoms with Crippen molar-refractivity contribution in [1.82, 2.24) is 19.3 Å². The number of fused-ring (bicyclic) bond motifs is 2. The van der Waals surface area contributed by atoms with Gasteiger partial charge in [-0.1, -0.05) is 36.4 Å². The van der Waals surface area contributed by atoms with Gasteiger partial charge in [-0.25, -0.2) is 4.98 Å². The quantitative estimate of drug-likeness (QED) is 0.506. The number of rotatable bonds is 5. The summed E-state index contributed by atoms with van der Waals surface area (Å²) in [4.78, 5) is 24.7. The molecule has 0 radical (unpaired) electrons. The predicted molar refractivity (Wildman–Crippen MR) is 126 cm³/mol. The molecule has 2 N–H and O–H groups in total. The minimum absolute atomic E-state index is 0.232. The number of hydrogen-bond donors (Lipinski definition) is 2. The number of likely N-dealkylation sites (N-methyl/N-ethyl adjacent to an activating group) is 1. The Morgan fingerprint density at radius 1 is 1.09 bits per heavy atom. The van der Waals surface area contributed by atoms with Crippen LogP contribution in [0, 0.1) is 6.92 Å². The van der Waals surface area contributed by atoms with Crippen molar-refractivity contribution in [3.05, 3.63) is 88.9 Å². The van der Waals surface area contributed by atoms with E-state index in [1.54, 1.807) is 0 Å². The summed E-state index contributed by atoms with van der Waals surface area (Å²) in [5, 5.41) is 6.39. The summed E-state index contributed by atoms with van der Waals surface area (Å²) in [7, 11) is 2.08. The number of aryl methyl sites for hydroxylation is 1. The zero-order valence-electron chi connectivity index (χ0n) is 18.3. The van der Waals surface area contributed by atoms with E-state index in [1.807, 2.05) is 60.0 Å². The second-order valence-corrected chi connectivity index (χ2v) is 8.33. The Hall–Kier alpha value is -3.71. The van der Waals surface area contributed by atoms with E-state index in [4.69, 9.17) is 9.97 Å². The highest BCUT2D eigenvalue weighted by atomic mass is 16.2. The van der Waals surface area contributed by atoms with Crippen LogP contribution in [0.15, 0.2) is 60.8 Å². The van der Waals surface area contributed by atoms with Crippen LogP contribution < -0.4 is 10.6 Å². The first-order valence-electron chi connectivity index (χ1n) is 10.8. The Labute approximate surface area is 187 Å². The molecule has 1 aliphatic heterocycles. The third-order valence-electron chi connectivity index (χ3n) is 5.78. The number of benzene rings is 1. The van der Waals surface area contributed by atoms with E-state index in [0.29, 0.717) is 18.2 Å². The van der Waals surface area contributed by atoms with Crippen LogP contribution >= 0.6 is 0 Å². The summed E-state index contributed by atoms with van der Waals surface area (Å²) in [5.41, 5.74) is 5.88. The van der Waals surface area contributed by atoms with Crippen LogP contribution in [0.2, 0.25) is 0 Å². The van der Waals surface area contributed by atoms with Crippen LogP contribution in [0.25, 0.3) is 5.52 Å². The van der Waals surface area contributed by atoms with Crippen LogP contribution in [-0.2, 0) is 19.5 Å². The highest BCUT2D eigenvalue weighted by Gasteiger charge is 2.22. The monoisotopic (exact) mass is 426 g/mol. The standard InChI is InChI=1S/C25H26N6O/c1-17-13-19-9-6-10-22(31(19)15-17)24(32)29-25-27-21-16-30(2)12-11-20(21)23(28-25)26-14-18-7-4-3-5-8-18/h3-10,13,15H,11-12,14,16H2,1-2H3,(H2,26,27,28,29,32). The fraction of sp³-hybridized carbons (Fsp3) is 0.240.